The summed E-state index contributed by atoms with van der Waals surface area (Å²) in [6, 6.07) is 5.69. The van der Waals surface area contributed by atoms with Crippen LogP contribution >= 0.6 is 0 Å². The second-order valence-corrected chi connectivity index (χ2v) is 5.39. The zero-order chi connectivity index (χ0) is 14.5. The molecule has 0 spiro atoms. The average molecular weight is 277 g/mol. The lowest BCUT2D eigenvalue weighted by Crippen LogP contribution is -2.47. The van der Waals surface area contributed by atoms with E-state index in [4.69, 9.17) is 0 Å². The fraction of sp³-hybridized carbons (Fsp3) is 0.600. The number of nitrogens with one attached hydrogen (secondary N) is 1. The number of nitro benzene ring substituents is 1. The number of nitrogens with zero attached hydrogens (tertiary/aromatic N) is 2. The van der Waals surface area contributed by atoms with Crippen molar-refractivity contribution in [3.63, 3.8) is 0 Å². The molecule has 5 nitrogen and oxygen atoms in total. The van der Waals surface area contributed by atoms with Crippen molar-refractivity contribution in [1.82, 2.24) is 5.32 Å². The molecule has 20 heavy (non-hydrogen) atoms. The summed E-state index contributed by atoms with van der Waals surface area (Å²) in [6.07, 6.45) is 3.21. The van der Waals surface area contributed by atoms with Crippen LogP contribution in [-0.2, 0) is 0 Å². The summed E-state index contributed by atoms with van der Waals surface area (Å²) in [6.45, 7) is 6.89. The van der Waals surface area contributed by atoms with Gasteiger partial charge < -0.3 is 10.2 Å². The molecule has 1 saturated heterocycles. The van der Waals surface area contributed by atoms with Crippen molar-refractivity contribution in [2.24, 2.45) is 0 Å². The average Bonchev–Trinajstić information content (AvgIpc) is 2.46. The molecular formula is C15H23N3O2. The van der Waals surface area contributed by atoms with E-state index in [1.165, 1.54) is 0 Å². The second kappa shape index (κ2) is 6.70. The Bertz CT molecular complexity index is 470. The Morgan fingerprint density at radius 3 is 2.90 bits per heavy atom. The topological polar surface area (TPSA) is 58.4 Å². The Morgan fingerprint density at radius 2 is 2.30 bits per heavy atom. The van der Waals surface area contributed by atoms with Crippen LogP contribution in [0, 0.1) is 17.0 Å². The van der Waals surface area contributed by atoms with Crippen LogP contribution in [0.25, 0.3) is 0 Å². The normalized spacial score (nSPS) is 18.8. The Balaban J connectivity index is 2.39. The summed E-state index contributed by atoms with van der Waals surface area (Å²) in [5, 5.41) is 14.7. The van der Waals surface area contributed by atoms with Gasteiger partial charge in [0.2, 0.25) is 0 Å². The highest BCUT2D eigenvalue weighted by molar-refractivity contribution is 5.68. The van der Waals surface area contributed by atoms with Gasteiger partial charge in [0.1, 0.15) is 5.69 Å². The molecule has 0 aromatic heterocycles. The highest BCUT2D eigenvalue weighted by Gasteiger charge is 2.27. The van der Waals surface area contributed by atoms with Gasteiger partial charge in [0, 0.05) is 25.2 Å². The number of para-hydroxylation sites is 1. The van der Waals surface area contributed by atoms with Crippen molar-refractivity contribution < 1.29 is 4.92 Å². The van der Waals surface area contributed by atoms with Gasteiger partial charge in [-0.15, -0.1) is 0 Å². The highest BCUT2D eigenvalue weighted by Crippen LogP contribution is 2.34. The largest absolute Gasteiger partial charge is 0.362 e. The van der Waals surface area contributed by atoms with E-state index in [1.54, 1.807) is 12.1 Å². The fourth-order valence-electron chi connectivity index (χ4n) is 2.98. The molecule has 1 aliphatic heterocycles. The first-order valence-electron chi connectivity index (χ1n) is 7.36. The molecule has 1 atom stereocenters. The van der Waals surface area contributed by atoms with Crippen LogP contribution in [-0.4, -0.2) is 30.6 Å². The van der Waals surface area contributed by atoms with E-state index in [0.717, 1.165) is 50.1 Å². The first kappa shape index (κ1) is 14.8. The minimum atomic E-state index is -0.263. The van der Waals surface area contributed by atoms with Crippen molar-refractivity contribution in [2.45, 2.75) is 39.2 Å². The van der Waals surface area contributed by atoms with Crippen LogP contribution in [0.15, 0.2) is 18.2 Å². The third kappa shape index (κ3) is 3.10. The van der Waals surface area contributed by atoms with Crippen molar-refractivity contribution in [1.29, 1.82) is 0 Å². The molecule has 1 N–H and O–H groups in total. The number of piperidine rings is 1. The van der Waals surface area contributed by atoms with Gasteiger partial charge in [-0.25, -0.2) is 0 Å². The quantitative estimate of drug-likeness (QED) is 0.664. The third-order valence-corrected chi connectivity index (χ3v) is 3.88. The number of hydrogen-bond donors (Lipinski definition) is 1. The van der Waals surface area contributed by atoms with Crippen molar-refractivity contribution >= 4 is 11.4 Å². The number of benzene rings is 1. The molecule has 0 amide bonds. The molecule has 0 radical (unpaired) electrons. The standard InChI is InChI=1S/C15H23N3O2/c1-3-10-17(13-7-5-9-16-11-13)15-12(2)6-4-8-14(15)18(19)20/h4,6,8,13,16H,3,5,7,9-11H2,1-2H3. The van der Waals surface area contributed by atoms with E-state index in [2.05, 4.69) is 17.1 Å². The fourth-order valence-corrected chi connectivity index (χ4v) is 2.98. The van der Waals surface area contributed by atoms with Gasteiger partial charge in [0.05, 0.1) is 4.92 Å². The maximum Gasteiger partial charge on any atom is 0.292 e. The van der Waals surface area contributed by atoms with Gasteiger partial charge in [0.25, 0.3) is 5.69 Å². The summed E-state index contributed by atoms with van der Waals surface area (Å²) in [5.41, 5.74) is 2.01. The lowest BCUT2D eigenvalue weighted by molar-refractivity contribution is -0.384. The number of rotatable bonds is 5. The molecule has 1 fully saturated rings. The Kier molecular flexibility index (Phi) is 4.95. The molecule has 1 aliphatic rings. The van der Waals surface area contributed by atoms with Crippen LogP contribution in [0.3, 0.4) is 0 Å². The van der Waals surface area contributed by atoms with Crippen LogP contribution < -0.4 is 10.2 Å². The Labute approximate surface area is 120 Å². The Hall–Kier alpha value is -1.62. The molecule has 1 aromatic rings. The summed E-state index contributed by atoms with van der Waals surface area (Å²) in [7, 11) is 0. The highest BCUT2D eigenvalue weighted by atomic mass is 16.6. The van der Waals surface area contributed by atoms with E-state index in [-0.39, 0.29) is 10.6 Å². The Morgan fingerprint density at radius 1 is 1.50 bits per heavy atom. The minimum absolute atomic E-state index is 0.226. The van der Waals surface area contributed by atoms with Crippen LogP contribution in [0.4, 0.5) is 11.4 Å². The van der Waals surface area contributed by atoms with Gasteiger partial charge >= 0.3 is 0 Å². The second-order valence-electron chi connectivity index (χ2n) is 5.39. The predicted molar refractivity (Wildman–Crippen MR) is 81.4 cm³/mol. The van der Waals surface area contributed by atoms with Crippen molar-refractivity contribution in [3.05, 3.63) is 33.9 Å². The van der Waals surface area contributed by atoms with Gasteiger partial charge in [-0.05, 0) is 38.3 Å². The first-order chi connectivity index (χ1) is 9.65. The molecule has 5 heteroatoms. The van der Waals surface area contributed by atoms with E-state index in [9.17, 15) is 10.1 Å². The zero-order valence-electron chi connectivity index (χ0n) is 12.3. The summed E-state index contributed by atoms with van der Waals surface area (Å²) in [4.78, 5) is 13.3. The van der Waals surface area contributed by atoms with Crippen LogP contribution in [0.1, 0.15) is 31.7 Å². The van der Waals surface area contributed by atoms with Crippen molar-refractivity contribution in [3.8, 4) is 0 Å². The molecule has 1 heterocycles. The maximum absolute atomic E-state index is 11.3. The van der Waals surface area contributed by atoms with Gasteiger partial charge in [-0.2, -0.15) is 0 Å². The molecule has 110 valence electrons. The monoisotopic (exact) mass is 277 g/mol. The molecular weight excluding hydrogens is 254 g/mol. The minimum Gasteiger partial charge on any atom is -0.362 e. The summed E-state index contributed by atoms with van der Waals surface area (Å²) >= 11 is 0. The predicted octanol–water partition coefficient (Wildman–Crippen LogP) is 2.87. The van der Waals surface area contributed by atoms with E-state index >= 15 is 0 Å². The summed E-state index contributed by atoms with van der Waals surface area (Å²) < 4.78 is 0. The van der Waals surface area contributed by atoms with Crippen LogP contribution in [0.2, 0.25) is 0 Å². The molecule has 1 aromatic carbocycles. The van der Waals surface area contributed by atoms with E-state index in [0.29, 0.717) is 6.04 Å². The SMILES string of the molecule is CCCN(c1c(C)cccc1[N+](=O)[O-])C1CCCNC1. The molecule has 0 bridgehead atoms. The van der Waals surface area contributed by atoms with Gasteiger partial charge in [0.15, 0.2) is 0 Å². The third-order valence-electron chi connectivity index (χ3n) is 3.88. The lowest BCUT2D eigenvalue weighted by Gasteiger charge is -2.36. The summed E-state index contributed by atoms with van der Waals surface area (Å²) in [5.74, 6) is 0. The number of nitro groups is 1. The molecule has 2 rings (SSSR count). The number of aryl methyl sites for hydroxylation is 1. The van der Waals surface area contributed by atoms with E-state index < -0.39 is 0 Å². The lowest BCUT2D eigenvalue weighted by atomic mass is 10.0. The number of anilines is 1. The van der Waals surface area contributed by atoms with E-state index in [1.807, 2.05) is 13.0 Å². The van der Waals surface area contributed by atoms with Gasteiger partial charge in [-0.1, -0.05) is 19.1 Å². The number of hydrogen-bond acceptors (Lipinski definition) is 4. The molecule has 0 aliphatic carbocycles. The maximum atomic E-state index is 11.3. The first-order valence-corrected chi connectivity index (χ1v) is 7.36. The van der Waals surface area contributed by atoms with Crippen LogP contribution in [0.5, 0.6) is 0 Å². The zero-order valence-corrected chi connectivity index (χ0v) is 12.3. The van der Waals surface area contributed by atoms with Crippen molar-refractivity contribution in [2.75, 3.05) is 24.5 Å². The smallest absolute Gasteiger partial charge is 0.292 e. The molecule has 0 saturated carbocycles. The molecule has 1 unspecified atom stereocenters. The van der Waals surface area contributed by atoms with Gasteiger partial charge in [-0.3, -0.25) is 10.1 Å².